The van der Waals surface area contributed by atoms with E-state index < -0.39 is 5.41 Å². The largest absolute Gasteiger partial charge is 0.495 e. The Hall–Kier alpha value is -2.84. The molecule has 3 rings (SSSR count). The third-order valence-electron chi connectivity index (χ3n) is 5.78. The highest BCUT2D eigenvalue weighted by atomic mass is 35.5. The first kappa shape index (κ1) is 23.8. The minimum Gasteiger partial charge on any atom is -0.495 e. The molecule has 1 aliphatic rings. The molecular formula is C23H30ClN5O3. The number of anilines is 1. The van der Waals surface area contributed by atoms with E-state index in [1.165, 1.54) is 0 Å². The van der Waals surface area contributed by atoms with Crippen LogP contribution in [0.25, 0.3) is 0 Å². The molecule has 32 heavy (non-hydrogen) atoms. The molecule has 1 fully saturated rings. The number of halogens is 1. The number of hydrogen-bond donors (Lipinski definition) is 3. The Labute approximate surface area is 193 Å². The Morgan fingerprint density at radius 1 is 1.25 bits per heavy atom. The zero-order chi connectivity index (χ0) is 23.3. The summed E-state index contributed by atoms with van der Waals surface area (Å²) in [7, 11) is 1.59. The van der Waals surface area contributed by atoms with Crippen molar-refractivity contribution in [3.63, 3.8) is 0 Å². The summed E-state index contributed by atoms with van der Waals surface area (Å²) in [6, 6.07) is 10.3. The van der Waals surface area contributed by atoms with Gasteiger partial charge in [-0.3, -0.25) is 9.78 Å². The molecule has 2 atom stereocenters. The summed E-state index contributed by atoms with van der Waals surface area (Å²) < 4.78 is 5.22. The van der Waals surface area contributed by atoms with E-state index in [1.807, 2.05) is 26.0 Å². The third kappa shape index (κ3) is 6.11. The van der Waals surface area contributed by atoms with E-state index in [9.17, 15) is 9.59 Å². The first-order valence-corrected chi connectivity index (χ1v) is 10.9. The van der Waals surface area contributed by atoms with E-state index in [4.69, 9.17) is 22.1 Å². The number of nitrogens with zero attached hydrogens (tertiary/aromatic N) is 2. The van der Waals surface area contributed by atoms with Crippen LogP contribution < -0.4 is 21.1 Å². The number of rotatable bonds is 7. The number of ether oxygens (including phenoxy) is 1. The molecule has 0 bridgehead atoms. The monoisotopic (exact) mass is 459 g/mol. The molecule has 2 unspecified atom stereocenters. The SMILES string of the molecule is COc1ccc(C2CN(CC(C)(C)C(N)=O)CCC2NC(=O)Nc2ccc(Cl)cc2)nc1. The number of pyridine rings is 1. The van der Waals surface area contributed by atoms with Gasteiger partial charge in [-0.2, -0.15) is 0 Å². The molecule has 9 heteroatoms. The molecule has 0 radical (unpaired) electrons. The number of aromatic nitrogens is 1. The van der Waals surface area contributed by atoms with Crippen LogP contribution in [0.2, 0.25) is 5.02 Å². The number of likely N-dealkylation sites (tertiary alicyclic amines) is 1. The summed E-state index contributed by atoms with van der Waals surface area (Å²) in [5.41, 5.74) is 6.44. The lowest BCUT2D eigenvalue weighted by molar-refractivity contribution is -0.127. The minimum absolute atomic E-state index is 0.0608. The molecule has 1 aromatic heterocycles. The van der Waals surface area contributed by atoms with Crippen molar-refractivity contribution in [2.24, 2.45) is 11.1 Å². The highest BCUT2D eigenvalue weighted by Crippen LogP contribution is 2.29. The predicted octanol–water partition coefficient (Wildman–Crippen LogP) is 3.23. The highest BCUT2D eigenvalue weighted by molar-refractivity contribution is 6.30. The number of nitrogens with one attached hydrogen (secondary N) is 2. The molecule has 1 saturated heterocycles. The second-order valence-electron chi connectivity index (χ2n) is 8.71. The van der Waals surface area contributed by atoms with Gasteiger partial charge in [0.1, 0.15) is 5.75 Å². The van der Waals surface area contributed by atoms with Crippen LogP contribution in [0.5, 0.6) is 5.75 Å². The van der Waals surface area contributed by atoms with E-state index in [0.717, 1.165) is 12.2 Å². The van der Waals surface area contributed by atoms with Crippen LogP contribution in [0, 0.1) is 5.41 Å². The van der Waals surface area contributed by atoms with Gasteiger partial charge >= 0.3 is 6.03 Å². The standard InChI is InChI=1S/C23H30ClN5O3/c1-23(2,21(25)30)14-29-11-10-20(18(13-29)19-9-8-17(32-3)12-26-19)28-22(31)27-16-6-4-15(24)5-7-16/h4-9,12,18,20H,10-11,13-14H2,1-3H3,(H2,25,30)(H2,27,28,31). The smallest absolute Gasteiger partial charge is 0.319 e. The average Bonchev–Trinajstić information content (AvgIpc) is 2.76. The average molecular weight is 460 g/mol. The molecule has 0 aliphatic carbocycles. The maximum atomic E-state index is 12.7. The van der Waals surface area contributed by atoms with Gasteiger partial charge in [0.05, 0.1) is 18.7 Å². The van der Waals surface area contributed by atoms with Crippen molar-refractivity contribution in [3.8, 4) is 5.75 Å². The molecule has 172 valence electrons. The lowest BCUT2D eigenvalue weighted by Gasteiger charge is -2.41. The van der Waals surface area contributed by atoms with E-state index in [2.05, 4.69) is 20.5 Å². The number of carbonyl (C=O) groups excluding carboxylic acids is 2. The molecular weight excluding hydrogens is 430 g/mol. The number of hydrogen-bond acceptors (Lipinski definition) is 5. The molecule has 2 heterocycles. The molecule has 3 amide bonds. The zero-order valence-corrected chi connectivity index (χ0v) is 19.4. The van der Waals surface area contributed by atoms with Crippen molar-refractivity contribution in [1.29, 1.82) is 0 Å². The third-order valence-corrected chi connectivity index (χ3v) is 6.03. The van der Waals surface area contributed by atoms with Crippen molar-refractivity contribution in [3.05, 3.63) is 53.3 Å². The van der Waals surface area contributed by atoms with Crippen LogP contribution in [-0.2, 0) is 4.79 Å². The summed E-state index contributed by atoms with van der Waals surface area (Å²) >= 11 is 5.91. The summed E-state index contributed by atoms with van der Waals surface area (Å²) in [4.78, 5) is 31.3. The minimum atomic E-state index is -0.649. The topological polar surface area (TPSA) is 110 Å². The van der Waals surface area contributed by atoms with Crippen molar-refractivity contribution in [2.75, 3.05) is 32.1 Å². The number of urea groups is 1. The maximum absolute atomic E-state index is 12.7. The molecule has 1 aromatic carbocycles. The van der Waals surface area contributed by atoms with Gasteiger partial charge < -0.3 is 26.0 Å². The Bertz CT molecular complexity index is 934. The quantitative estimate of drug-likeness (QED) is 0.588. The van der Waals surface area contributed by atoms with Crippen molar-refractivity contribution >= 4 is 29.2 Å². The Kier molecular flexibility index (Phi) is 7.58. The number of amides is 3. The van der Waals surface area contributed by atoms with E-state index in [0.29, 0.717) is 36.0 Å². The van der Waals surface area contributed by atoms with Gasteiger partial charge in [0.25, 0.3) is 0 Å². The lowest BCUT2D eigenvalue weighted by atomic mass is 9.86. The zero-order valence-electron chi connectivity index (χ0n) is 18.6. The molecule has 1 aliphatic heterocycles. The number of piperidine rings is 1. The van der Waals surface area contributed by atoms with Gasteiger partial charge in [0.2, 0.25) is 5.91 Å². The first-order chi connectivity index (χ1) is 15.2. The van der Waals surface area contributed by atoms with Gasteiger partial charge in [-0.15, -0.1) is 0 Å². The van der Waals surface area contributed by atoms with Crippen LogP contribution in [0.1, 0.15) is 31.9 Å². The summed E-state index contributed by atoms with van der Waals surface area (Å²) in [5, 5.41) is 6.54. The van der Waals surface area contributed by atoms with Crippen LogP contribution in [-0.4, -0.2) is 54.6 Å². The fourth-order valence-electron chi connectivity index (χ4n) is 3.87. The second kappa shape index (κ2) is 10.2. The highest BCUT2D eigenvalue weighted by Gasteiger charge is 2.36. The van der Waals surface area contributed by atoms with Crippen molar-refractivity contribution in [1.82, 2.24) is 15.2 Å². The molecule has 8 nitrogen and oxygen atoms in total. The second-order valence-corrected chi connectivity index (χ2v) is 9.15. The van der Waals surface area contributed by atoms with Gasteiger partial charge in [-0.25, -0.2) is 4.79 Å². The maximum Gasteiger partial charge on any atom is 0.319 e. The number of benzene rings is 1. The molecule has 2 aromatic rings. The lowest BCUT2D eigenvalue weighted by Crippen LogP contribution is -2.53. The van der Waals surface area contributed by atoms with Crippen LogP contribution in [0.15, 0.2) is 42.6 Å². The number of primary amides is 1. The first-order valence-electron chi connectivity index (χ1n) is 10.5. The van der Waals surface area contributed by atoms with Crippen LogP contribution in [0.3, 0.4) is 0 Å². The van der Waals surface area contributed by atoms with Gasteiger partial charge in [-0.05, 0) is 56.7 Å². The summed E-state index contributed by atoms with van der Waals surface area (Å²) in [5.74, 6) is 0.273. The molecule has 4 N–H and O–H groups in total. The summed E-state index contributed by atoms with van der Waals surface area (Å²) in [6.45, 7) is 5.61. The fourth-order valence-corrected chi connectivity index (χ4v) is 4.00. The number of carbonyl (C=O) groups is 2. The predicted molar refractivity (Wildman–Crippen MR) is 125 cm³/mol. The number of methoxy groups -OCH3 is 1. The Balaban J connectivity index is 1.74. The Morgan fingerprint density at radius 2 is 1.97 bits per heavy atom. The van der Waals surface area contributed by atoms with Gasteiger partial charge in [0.15, 0.2) is 0 Å². The van der Waals surface area contributed by atoms with Gasteiger partial charge in [-0.1, -0.05) is 11.6 Å². The number of nitrogens with two attached hydrogens (primary N) is 1. The normalized spacial score (nSPS) is 19.2. The van der Waals surface area contributed by atoms with Gasteiger partial charge in [0, 0.05) is 48.0 Å². The van der Waals surface area contributed by atoms with E-state index in [-0.39, 0.29) is 23.9 Å². The Morgan fingerprint density at radius 3 is 2.56 bits per heavy atom. The van der Waals surface area contributed by atoms with Crippen molar-refractivity contribution in [2.45, 2.75) is 32.2 Å². The van der Waals surface area contributed by atoms with Crippen LogP contribution in [0.4, 0.5) is 10.5 Å². The molecule has 0 spiro atoms. The van der Waals surface area contributed by atoms with E-state index in [1.54, 1.807) is 37.6 Å². The van der Waals surface area contributed by atoms with E-state index >= 15 is 0 Å². The van der Waals surface area contributed by atoms with Crippen LogP contribution >= 0.6 is 11.6 Å². The fraction of sp³-hybridized carbons (Fsp3) is 0.435. The molecule has 0 saturated carbocycles. The van der Waals surface area contributed by atoms with Crippen molar-refractivity contribution < 1.29 is 14.3 Å². The summed E-state index contributed by atoms with van der Waals surface area (Å²) in [6.07, 6.45) is 2.38.